The van der Waals surface area contributed by atoms with Crippen LogP contribution in [0.5, 0.6) is 0 Å². The minimum Gasteiger partial charge on any atom is -0.453 e. The third-order valence-electron chi connectivity index (χ3n) is 5.87. The first kappa shape index (κ1) is 21.2. The Balaban J connectivity index is 1.44. The van der Waals surface area contributed by atoms with Gasteiger partial charge in [0.25, 0.3) is 0 Å². The highest BCUT2D eigenvalue weighted by Gasteiger charge is 2.32. The maximum absolute atomic E-state index is 12.2. The van der Waals surface area contributed by atoms with Gasteiger partial charge in [-0.2, -0.15) is 0 Å². The van der Waals surface area contributed by atoms with E-state index in [0.29, 0.717) is 50.4 Å². The Morgan fingerprint density at radius 1 is 1.18 bits per heavy atom. The van der Waals surface area contributed by atoms with Crippen LogP contribution in [0.1, 0.15) is 24.1 Å². The summed E-state index contributed by atoms with van der Waals surface area (Å²) in [4.78, 5) is 37.4. The number of urea groups is 1. The number of anilines is 2. The van der Waals surface area contributed by atoms with Crippen molar-refractivity contribution in [2.24, 2.45) is 0 Å². The Morgan fingerprint density at radius 3 is 2.67 bits per heavy atom. The fourth-order valence-corrected chi connectivity index (χ4v) is 3.97. The number of methoxy groups -OCH3 is 1. The average Bonchev–Trinajstić information content (AvgIpc) is 3.52. The summed E-state index contributed by atoms with van der Waals surface area (Å²) in [7, 11) is 1.37. The smallest absolute Gasteiger partial charge is 0.410 e. The summed E-state index contributed by atoms with van der Waals surface area (Å²) in [5, 5.41) is 5.75. The van der Waals surface area contributed by atoms with E-state index in [0.717, 1.165) is 41.2 Å². The van der Waals surface area contributed by atoms with E-state index in [1.54, 1.807) is 4.90 Å². The SMILES string of the molecule is C=C1COCCN1c1nc(-c2ccc(NC(=O)NC3CC3)cc2)nc2c1CN(C(=O)OC)C2. The van der Waals surface area contributed by atoms with Crippen molar-refractivity contribution in [1.29, 1.82) is 0 Å². The molecule has 2 fully saturated rings. The molecule has 2 N–H and O–H groups in total. The molecule has 2 aromatic rings. The molecular weight excluding hydrogens is 424 g/mol. The highest BCUT2D eigenvalue weighted by atomic mass is 16.5. The van der Waals surface area contributed by atoms with E-state index in [1.807, 2.05) is 29.2 Å². The molecule has 0 spiro atoms. The van der Waals surface area contributed by atoms with Crippen molar-refractivity contribution in [3.63, 3.8) is 0 Å². The van der Waals surface area contributed by atoms with E-state index in [1.165, 1.54) is 7.11 Å². The van der Waals surface area contributed by atoms with Crippen LogP contribution >= 0.6 is 0 Å². The zero-order chi connectivity index (χ0) is 22.9. The van der Waals surface area contributed by atoms with Gasteiger partial charge in [-0.15, -0.1) is 0 Å². The van der Waals surface area contributed by atoms with Crippen LogP contribution in [-0.4, -0.2) is 59.9 Å². The lowest BCUT2D eigenvalue weighted by atomic mass is 10.1. The summed E-state index contributed by atoms with van der Waals surface area (Å²) in [5.41, 5.74) is 3.98. The van der Waals surface area contributed by atoms with E-state index in [2.05, 4.69) is 17.2 Å². The van der Waals surface area contributed by atoms with E-state index in [9.17, 15) is 9.59 Å². The van der Waals surface area contributed by atoms with Gasteiger partial charge in [0.15, 0.2) is 5.82 Å². The molecule has 3 heterocycles. The molecule has 3 amide bonds. The Morgan fingerprint density at radius 2 is 1.97 bits per heavy atom. The lowest BCUT2D eigenvalue weighted by Gasteiger charge is -2.31. The first-order valence-corrected chi connectivity index (χ1v) is 11.0. The number of hydrogen-bond acceptors (Lipinski definition) is 7. The first-order valence-electron chi connectivity index (χ1n) is 11.0. The predicted octanol–water partition coefficient (Wildman–Crippen LogP) is 2.86. The zero-order valence-corrected chi connectivity index (χ0v) is 18.5. The molecule has 1 saturated carbocycles. The minimum atomic E-state index is -0.402. The standard InChI is InChI=1S/C23H26N6O4/c1-14-13-33-10-9-29(14)21-18-11-28(23(31)32-2)12-19(18)26-20(27-21)15-3-5-16(6-4-15)24-22(30)25-17-7-8-17/h3-6,17H,1,7-13H2,2H3,(H2,24,25,30). The Bertz CT molecular complexity index is 1100. The minimum absolute atomic E-state index is 0.199. The van der Waals surface area contributed by atoms with Crippen molar-refractivity contribution >= 4 is 23.6 Å². The van der Waals surface area contributed by atoms with Gasteiger partial charge in [0.2, 0.25) is 0 Å². The third-order valence-corrected chi connectivity index (χ3v) is 5.87. The second-order valence-electron chi connectivity index (χ2n) is 8.34. The summed E-state index contributed by atoms with van der Waals surface area (Å²) in [5.74, 6) is 1.28. The van der Waals surface area contributed by atoms with Crippen molar-refractivity contribution in [3.8, 4) is 11.4 Å². The summed E-state index contributed by atoms with van der Waals surface area (Å²) in [6.45, 7) is 6.47. The Labute approximate surface area is 191 Å². The number of benzene rings is 1. The Kier molecular flexibility index (Phi) is 5.59. The highest BCUT2D eigenvalue weighted by Crippen LogP contribution is 2.34. The number of ether oxygens (including phenoxy) is 2. The van der Waals surface area contributed by atoms with E-state index in [4.69, 9.17) is 19.4 Å². The number of carbonyl (C=O) groups excluding carboxylic acids is 2. The lowest BCUT2D eigenvalue weighted by Crippen LogP contribution is -2.35. The topological polar surface area (TPSA) is 109 Å². The van der Waals surface area contributed by atoms with Gasteiger partial charge in [-0.3, -0.25) is 4.90 Å². The normalized spacial score (nSPS) is 17.5. The number of morpholine rings is 1. The quantitative estimate of drug-likeness (QED) is 0.737. The summed E-state index contributed by atoms with van der Waals surface area (Å²) in [6, 6.07) is 7.50. The van der Waals surface area contributed by atoms with Crippen molar-refractivity contribution in [1.82, 2.24) is 20.2 Å². The molecule has 0 atom stereocenters. The molecule has 3 aliphatic rings. The second kappa shape index (κ2) is 8.70. The van der Waals surface area contributed by atoms with Crippen LogP contribution in [0, 0.1) is 0 Å². The van der Waals surface area contributed by atoms with Crippen molar-refractivity contribution in [2.75, 3.05) is 37.1 Å². The predicted molar refractivity (Wildman–Crippen MR) is 122 cm³/mol. The fraction of sp³-hybridized carbons (Fsp3) is 0.391. The van der Waals surface area contributed by atoms with Crippen LogP contribution in [0.3, 0.4) is 0 Å². The summed E-state index contributed by atoms with van der Waals surface area (Å²) in [6.07, 6.45) is 1.67. The number of nitrogens with one attached hydrogen (secondary N) is 2. The number of aromatic nitrogens is 2. The van der Waals surface area contributed by atoms with E-state index >= 15 is 0 Å². The fourth-order valence-electron chi connectivity index (χ4n) is 3.97. The highest BCUT2D eigenvalue weighted by molar-refractivity contribution is 5.89. The molecule has 5 rings (SSSR count). The van der Waals surface area contributed by atoms with Gasteiger partial charge in [-0.25, -0.2) is 19.6 Å². The molecule has 33 heavy (non-hydrogen) atoms. The number of fused-ring (bicyclic) bond motifs is 1. The second-order valence-corrected chi connectivity index (χ2v) is 8.34. The monoisotopic (exact) mass is 450 g/mol. The molecule has 1 aromatic carbocycles. The summed E-state index contributed by atoms with van der Waals surface area (Å²) >= 11 is 0. The maximum Gasteiger partial charge on any atom is 0.410 e. The van der Waals surface area contributed by atoms with E-state index in [-0.39, 0.29) is 6.03 Å². The molecule has 172 valence electrons. The van der Waals surface area contributed by atoms with Gasteiger partial charge in [0, 0.05) is 35.1 Å². The molecule has 1 aliphatic carbocycles. The third kappa shape index (κ3) is 4.47. The lowest BCUT2D eigenvalue weighted by molar-refractivity contribution is 0.123. The number of carbonyl (C=O) groups is 2. The molecule has 0 bridgehead atoms. The van der Waals surface area contributed by atoms with Crippen molar-refractivity contribution < 1.29 is 19.1 Å². The zero-order valence-electron chi connectivity index (χ0n) is 18.5. The Hall–Kier alpha value is -3.66. The van der Waals surface area contributed by atoms with Gasteiger partial charge in [0.1, 0.15) is 5.82 Å². The molecule has 0 unspecified atom stereocenters. The number of hydrogen-bond donors (Lipinski definition) is 2. The van der Waals surface area contributed by atoms with Gasteiger partial charge in [0.05, 0.1) is 39.1 Å². The molecule has 10 heteroatoms. The van der Waals surface area contributed by atoms with Crippen LogP contribution in [0.25, 0.3) is 11.4 Å². The van der Waals surface area contributed by atoms with Crippen LogP contribution < -0.4 is 15.5 Å². The molecule has 0 radical (unpaired) electrons. The molecular formula is C23H26N6O4. The average molecular weight is 450 g/mol. The summed E-state index contributed by atoms with van der Waals surface area (Å²) < 4.78 is 10.4. The van der Waals surface area contributed by atoms with Gasteiger partial charge in [-0.1, -0.05) is 6.58 Å². The first-order chi connectivity index (χ1) is 16.0. The molecule has 1 saturated heterocycles. The largest absolute Gasteiger partial charge is 0.453 e. The molecule has 1 aromatic heterocycles. The van der Waals surface area contributed by atoms with Crippen molar-refractivity contribution in [3.05, 3.63) is 47.8 Å². The number of nitrogens with zero attached hydrogens (tertiary/aromatic N) is 4. The molecule has 10 nitrogen and oxygen atoms in total. The number of amides is 3. The van der Waals surface area contributed by atoms with E-state index < -0.39 is 6.09 Å². The maximum atomic E-state index is 12.2. The van der Waals surface area contributed by atoms with Gasteiger partial charge < -0.3 is 25.0 Å². The van der Waals surface area contributed by atoms with Crippen LogP contribution in [0.15, 0.2) is 36.5 Å². The van der Waals surface area contributed by atoms with Crippen LogP contribution in [-0.2, 0) is 22.6 Å². The van der Waals surface area contributed by atoms with Crippen LogP contribution in [0.4, 0.5) is 21.1 Å². The van der Waals surface area contributed by atoms with Gasteiger partial charge in [-0.05, 0) is 37.1 Å². The molecule has 2 aliphatic heterocycles. The van der Waals surface area contributed by atoms with Crippen molar-refractivity contribution in [2.45, 2.75) is 32.0 Å². The van der Waals surface area contributed by atoms with Crippen LogP contribution in [0.2, 0.25) is 0 Å². The number of rotatable bonds is 4. The van der Waals surface area contributed by atoms with Gasteiger partial charge >= 0.3 is 12.1 Å².